The summed E-state index contributed by atoms with van der Waals surface area (Å²) in [5.74, 6) is -1.43. The van der Waals surface area contributed by atoms with Gasteiger partial charge in [-0.15, -0.1) is 0 Å². The number of benzene rings is 1. The highest BCUT2D eigenvalue weighted by Gasteiger charge is 2.40. The van der Waals surface area contributed by atoms with Crippen molar-refractivity contribution in [1.82, 2.24) is 20.2 Å². The third-order valence-corrected chi connectivity index (χ3v) is 5.04. The molecule has 0 bridgehead atoms. The number of H-pyrrole nitrogens is 1. The zero-order chi connectivity index (χ0) is 21.5. The minimum absolute atomic E-state index is 0.198. The van der Waals surface area contributed by atoms with Gasteiger partial charge in [0.1, 0.15) is 0 Å². The van der Waals surface area contributed by atoms with Crippen molar-refractivity contribution in [2.24, 2.45) is 0 Å². The van der Waals surface area contributed by atoms with E-state index in [4.69, 9.17) is 4.74 Å². The summed E-state index contributed by atoms with van der Waals surface area (Å²) >= 11 is 0. The number of amides is 2. The average Bonchev–Trinajstić information content (AvgIpc) is 3.33. The zero-order valence-electron chi connectivity index (χ0n) is 16.3. The highest BCUT2D eigenvalue weighted by molar-refractivity contribution is 6.38. The maximum absolute atomic E-state index is 13.4. The molecule has 9 nitrogen and oxygen atoms in total. The fourth-order valence-corrected chi connectivity index (χ4v) is 3.62. The number of hydrogen-bond acceptors (Lipinski definition) is 7. The van der Waals surface area contributed by atoms with E-state index in [0.29, 0.717) is 28.0 Å². The van der Waals surface area contributed by atoms with Crippen molar-refractivity contribution in [3.8, 4) is 11.3 Å². The standard InChI is InChI=1S/C22H15N5O4/c1-2-31-22(30)13-3-5-14(6-4-13)27-20(28)15-11-24-19-17(16(15)21(27)29)18(25-26-19)12-7-9-23-10-8-12/h3-11H,2H2,1H3,(H,24,25,26). The number of nitrogens with zero attached hydrogens (tertiary/aromatic N) is 4. The Balaban J connectivity index is 1.60. The molecule has 152 valence electrons. The van der Waals surface area contributed by atoms with E-state index >= 15 is 0 Å². The van der Waals surface area contributed by atoms with Crippen molar-refractivity contribution >= 4 is 34.5 Å². The van der Waals surface area contributed by atoms with Crippen molar-refractivity contribution in [3.63, 3.8) is 0 Å². The molecular weight excluding hydrogens is 398 g/mol. The molecule has 9 heteroatoms. The van der Waals surface area contributed by atoms with Gasteiger partial charge in [0.05, 0.1) is 40.1 Å². The van der Waals surface area contributed by atoms with Gasteiger partial charge in [-0.25, -0.2) is 14.7 Å². The van der Waals surface area contributed by atoms with E-state index in [-0.39, 0.29) is 17.7 Å². The minimum Gasteiger partial charge on any atom is -0.462 e. The predicted octanol–water partition coefficient (Wildman–Crippen LogP) is 3.00. The Morgan fingerprint density at radius 2 is 1.81 bits per heavy atom. The lowest BCUT2D eigenvalue weighted by Crippen LogP contribution is -2.29. The summed E-state index contributed by atoms with van der Waals surface area (Å²) in [4.78, 5) is 47.6. The number of carbonyl (C=O) groups excluding carboxylic acids is 3. The van der Waals surface area contributed by atoms with Crippen molar-refractivity contribution in [2.75, 3.05) is 11.5 Å². The fraction of sp³-hybridized carbons (Fsp3) is 0.0909. The van der Waals surface area contributed by atoms with Crippen LogP contribution in [0.15, 0.2) is 55.0 Å². The van der Waals surface area contributed by atoms with Gasteiger partial charge >= 0.3 is 5.97 Å². The largest absolute Gasteiger partial charge is 0.462 e. The third kappa shape index (κ3) is 2.86. The van der Waals surface area contributed by atoms with Crippen LogP contribution in [0.3, 0.4) is 0 Å². The molecule has 1 aliphatic heterocycles. The fourth-order valence-electron chi connectivity index (χ4n) is 3.62. The molecule has 0 unspecified atom stereocenters. The molecule has 3 aromatic heterocycles. The first kappa shape index (κ1) is 18.6. The molecule has 4 heterocycles. The summed E-state index contributed by atoms with van der Waals surface area (Å²) in [7, 11) is 0. The Morgan fingerprint density at radius 1 is 1.06 bits per heavy atom. The SMILES string of the molecule is CCOC(=O)c1ccc(N2C(=O)c3cnc4n[nH]c(-c5ccncc5)c4c3C2=O)cc1. The Morgan fingerprint density at radius 3 is 2.52 bits per heavy atom. The number of rotatable bonds is 4. The number of imide groups is 1. The molecule has 31 heavy (non-hydrogen) atoms. The van der Waals surface area contributed by atoms with Crippen molar-refractivity contribution < 1.29 is 19.1 Å². The quantitative estimate of drug-likeness (QED) is 0.404. The van der Waals surface area contributed by atoms with Gasteiger partial charge in [-0.2, -0.15) is 5.10 Å². The molecule has 5 rings (SSSR count). The lowest BCUT2D eigenvalue weighted by atomic mass is 10.0. The minimum atomic E-state index is -0.486. The monoisotopic (exact) mass is 413 g/mol. The summed E-state index contributed by atoms with van der Waals surface area (Å²) in [6.07, 6.45) is 4.62. The van der Waals surface area contributed by atoms with Crippen LogP contribution in [-0.4, -0.2) is 44.6 Å². The number of pyridine rings is 2. The molecule has 4 aromatic rings. The van der Waals surface area contributed by atoms with Gasteiger partial charge in [-0.3, -0.25) is 19.7 Å². The van der Waals surface area contributed by atoms with Crippen LogP contribution in [-0.2, 0) is 4.74 Å². The van der Waals surface area contributed by atoms with Gasteiger partial charge in [0, 0.05) is 24.2 Å². The summed E-state index contributed by atoms with van der Waals surface area (Å²) < 4.78 is 4.97. The summed E-state index contributed by atoms with van der Waals surface area (Å²) in [5, 5.41) is 7.58. The van der Waals surface area contributed by atoms with Gasteiger partial charge < -0.3 is 4.74 Å². The number of esters is 1. The lowest BCUT2D eigenvalue weighted by Gasteiger charge is -2.14. The van der Waals surface area contributed by atoms with Crippen molar-refractivity contribution in [2.45, 2.75) is 6.92 Å². The second kappa shape index (κ2) is 7.13. The molecule has 0 atom stereocenters. The number of aromatic nitrogens is 4. The first-order valence-electron chi connectivity index (χ1n) is 9.53. The number of fused-ring (bicyclic) bond motifs is 3. The molecule has 1 aromatic carbocycles. The van der Waals surface area contributed by atoms with Crippen LogP contribution >= 0.6 is 0 Å². The molecule has 0 saturated heterocycles. The van der Waals surface area contributed by atoms with Crippen LogP contribution in [0.1, 0.15) is 38.0 Å². The number of nitrogens with one attached hydrogen (secondary N) is 1. The number of carbonyl (C=O) groups is 3. The first-order chi connectivity index (χ1) is 15.1. The molecule has 0 radical (unpaired) electrons. The molecule has 0 aliphatic carbocycles. The predicted molar refractivity (Wildman–Crippen MR) is 111 cm³/mol. The highest BCUT2D eigenvalue weighted by atomic mass is 16.5. The zero-order valence-corrected chi connectivity index (χ0v) is 16.3. The van der Waals surface area contributed by atoms with E-state index in [2.05, 4.69) is 20.2 Å². The van der Waals surface area contributed by atoms with Crippen LogP contribution in [0.4, 0.5) is 5.69 Å². The molecule has 0 spiro atoms. The second-order valence-corrected chi connectivity index (χ2v) is 6.79. The molecule has 1 aliphatic rings. The van der Waals surface area contributed by atoms with E-state index in [1.165, 1.54) is 30.5 Å². The number of ether oxygens (including phenoxy) is 1. The highest BCUT2D eigenvalue weighted by Crippen LogP contribution is 2.36. The normalized spacial score (nSPS) is 13.0. The Kier molecular flexibility index (Phi) is 4.28. The topological polar surface area (TPSA) is 118 Å². The summed E-state index contributed by atoms with van der Waals surface area (Å²) in [6.45, 7) is 1.97. The van der Waals surface area contributed by atoms with Gasteiger partial charge in [-0.05, 0) is 43.3 Å². The number of anilines is 1. The van der Waals surface area contributed by atoms with E-state index in [1.54, 1.807) is 31.5 Å². The van der Waals surface area contributed by atoms with Crippen LogP contribution in [0.25, 0.3) is 22.3 Å². The Hall–Kier alpha value is -4.40. The van der Waals surface area contributed by atoms with Crippen LogP contribution < -0.4 is 4.90 Å². The van der Waals surface area contributed by atoms with E-state index in [9.17, 15) is 14.4 Å². The van der Waals surface area contributed by atoms with E-state index in [1.807, 2.05) is 0 Å². The van der Waals surface area contributed by atoms with Gasteiger partial charge in [0.2, 0.25) is 0 Å². The molecule has 0 saturated carbocycles. The molecule has 2 amide bonds. The molecule has 1 N–H and O–H groups in total. The lowest BCUT2D eigenvalue weighted by molar-refractivity contribution is 0.0526. The smallest absolute Gasteiger partial charge is 0.338 e. The third-order valence-electron chi connectivity index (χ3n) is 5.04. The Labute approximate surface area is 175 Å². The van der Waals surface area contributed by atoms with Gasteiger partial charge in [0.25, 0.3) is 11.8 Å². The number of hydrogen-bond donors (Lipinski definition) is 1. The Bertz CT molecular complexity index is 1350. The van der Waals surface area contributed by atoms with Crippen LogP contribution in [0.5, 0.6) is 0 Å². The van der Waals surface area contributed by atoms with Crippen LogP contribution in [0.2, 0.25) is 0 Å². The van der Waals surface area contributed by atoms with Crippen LogP contribution in [0, 0.1) is 0 Å². The summed E-state index contributed by atoms with van der Waals surface area (Å²) in [5.41, 5.74) is 2.81. The maximum atomic E-state index is 13.4. The van der Waals surface area contributed by atoms with Gasteiger partial charge in [0.15, 0.2) is 5.65 Å². The first-order valence-corrected chi connectivity index (χ1v) is 9.53. The summed E-state index contributed by atoms with van der Waals surface area (Å²) in [6, 6.07) is 9.67. The average molecular weight is 413 g/mol. The number of aromatic amines is 1. The van der Waals surface area contributed by atoms with Crippen molar-refractivity contribution in [1.29, 1.82) is 0 Å². The maximum Gasteiger partial charge on any atom is 0.338 e. The second-order valence-electron chi connectivity index (χ2n) is 6.79. The van der Waals surface area contributed by atoms with Crippen molar-refractivity contribution in [3.05, 3.63) is 71.7 Å². The van der Waals surface area contributed by atoms with E-state index in [0.717, 1.165) is 10.5 Å². The van der Waals surface area contributed by atoms with E-state index < -0.39 is 17.8 Å². The molecule has 0 fully saturated rings. The van der Waals surface area contributed by atoms with Gasteiger partial charge in [-0.1, -0.05) is 0 Å². The molecular formula is C22H15N5O4.